The second-order valence-corrected chi connectivity index (χ2v) is 3.83. The summed E-state index contributed by atoms with van der Waals surface area (Å²) < 4.78 is 0. The Hall–Kier alpha value is -1.02. The molecule has 0 amide bonds. The SMILES string of the molecule is CC(C)CC(N)c1ccc(O)cc1. The molecule has 0 bridgehead atoms. The summed E-state index contributed by atoms with van der Waals surface area (Å²) >= 11 is 0. The van der Waals surface area contributed by atoms with E-state index in [1.807, 2.05) is 12.1 Å². The summed E-state index contributed by atoms with van der Waals surface area (Å²) in [5.74, 6) is 0.893. The lowest BCUT2D eigenvalue weighted by atomic mass is 9.98. The quantitative estimate of drug-likeness (QED) is 0.748. The number of benzene rings is 1. The van der Waals surface area contributed by atoms with Crippen molar-refractivity contribution < 1.29 is 5.11 Å². The van der Waals surface area contributed by atoms with Crippen LogP contribution in [0.4, 0.5) is 0 Å². The molecule has 0 radical (unpaired) electrons. The fourth-order valence-corrected chi connectivity index (χ4v) is 1.37. The predicted molar refractivity (Wildman–Crippen MR) is 54.5 cm³/mol. The van der Waals surface area contributed by atoms with Gasteiger partial charge >= 0.3 is 0 Å². The standard InChI is InChI=1S/C11H17NO/c1-8(2)7-11(12)9-3-5-10(13)6-4-9/h3-6,8,11,13H,7,12H2,1-2H3. The summed E-state index contributed by atoms with van der Waals surface area (Å²) in [6.45, 7) is 4.31. The van der Waals surface area contributed by atoms with Gasteiger partial charge < -0.3 is 10.8 Å². The number of phenols is 1. The normalized spacial score (nSPS) is 13.2. The van der Waals surface area contributed by atoms with Crippen LogP contribution in [-0.4, -0.2) is 5.11 Å². The summed E-state index contributed by atoms with van der Waals surface area (Å²) in [6, 6.07) is 7.19. The highest BCUT2D eigenvalue weighted by atomic mass is 16.3. The van der Waals surface area contributed by atoms with Gasteiger partial charge in [-0.1, -0.05) is 26.0 Å². The van der Waals surface area contributed by atoms with Gasteiger partial charge in [-0.2, -0.15) is 0 Å². The van der Waals surface area contributed by atoms with E-state index < -0.39 is 0 Å². The van der Waals surface area contributed by atoms with Crippen LogP contribution in [0.1, 0.15) is 31.9 Å². The van der Waals surface area contributed by atoms with Crippen molar-refractivity contribution in [2.45, 2.75) is 26.3 Å². The Kier molecular flexibility index (Phi) is 3.32. The Morgan fingerprint density at radius 2 is 1.77 bits per heavy atom. The molecule has 0 aliphatic heterocycles. The van der Waals surface area contributed by atoms with E-state index >= 15 is 0 Å². The molecule has 0 aromatic heterocycles. The highest BCUT2D eigenvalue weighted by Gasteiger charge is 2.07. The molecule has 3 N–H and O–H groups in total. The fourth-order valence-electron chi connectivity index (χ4n) is 1.37. The van der Waals surface area contributed by atoms with E-state index in [1.165, 1.54) is 0 Å². The van der Waals surface area contributed by atoms with Crippen LogP contribution in [-0.2, 0) is 0 Å². The van der Waals surface area contributed by atoms with Crippen LogP contribution in [0.5, 0.6) is 5.75 Å². The van der Waals surface area contributed by atoms with Gasteiger partial charge in [0.1, 0.15) is 5.75 Å². The van der Waals surface area contributed by atoms with Crippen LogP contribution in [0, 0.1) is 5.92 Å². The van der Waals surface area contributed by atoms with E-state index in [2.05, 4.69) is 13.8 Å². The fraction of sp³-hybridized carbons (Fsp3) is 0.455. The minimum Gasteiger partial charge on any atom is -0.508 e. The van der Waals surface area contributed by atoms with Crippen molar-refractivity contribution in [1.82, 2.24) is 0 Å². The van der Waals surface area contributed by atoms with Crippen molar-refractivity contribution >= 4 is 0 Å². The second-order valence-electron chi connectivity index (χ2n) is 3.83. The van der Waals surface area contributed by atoms with Gasteiger partial charge in [0, 0.05) is 6.04 Å². The molecular formula is C11H17NO. The number of aromatic hydroxyl groups is 1. The minimum atomic E-state index is 0.0839. The molecule has 0 heterocycles. The third kappa shape index (κ3) is 3.07. The molecule has 0 saturated heterocycles. The first-order valence-corrected chi connectivity index (χ1v) is 4.64. The third-order valence-corrected chi connectivity index (χ3v) is 2.05. The summed E-state index contributed by atoms with van der Waals surface area (Å²) in [4.78, 5) is 0. The van der Waals surface area contributed by atoms with Crippen molar-refractivity contribution in [3.63, 3.8) is 0 Å². The molecule has 1 atom stereocenters. The van der Waals surface area contributed by atoms with E-state index in [-0.39, 0.29) is 6.04 Å². The van der Waals surface area contributed by atoms with Crippen LogP contribution >= 0.6 is 0 Å². The summed E-state index contributed by atoms with van der Waals surface area (Å²) in [6.07, 6.45) is 0.977. The van der Waals surface area contributed by atoms with Crippen LogP contribution in [0.15, 0.2) is 24.3 Å². The third-order valence-electron chi connectivity index (χ3n) is 2.05. The Morgan fingerprint density at radius 3 is 2.23 bits per heavy atom. The van der Waals surface area contributed by atoms with Gasteiger partial charge in [0.25, 0.3) is 0 Å². The van der Waals surface area contributed by atoms with Gasteiger partial charge in [-0.3, -0.25) is 0 Å². The Bertz CT molecular complexity index is 253. The summed E-state index contributed by atoms with van der Waals surface area (Å²) in [7, 11) is 0. The number of rotatable bonds is 3. The van der Waals surface area contributed by atoms with Gasteiger partial charge in [-0.05, 0) is 30.0 Å². The minimum absolute atomic E-state index is 0.0839. The average molecular weight is 179 g/mol. The first-order valence-electron chi connectivity index (χ1n) is 4.64. The summed E-state index contributed by atoms with van der Waals surface area (Å²) in [5, 5.41) is 9.08. The van der Waals surface area contributed by atoms with Crippen molar-refractivity contribution in [3.05, 3.63) is 29.8 Å². The van der Waals surface area contributed by atoms with E-state index in [9.17, 15) is 0 Å². The van der Waals surface area contributed by atoms with Gasteiger partial charge in [0.15, 0.2) is 0 Å². The topological polar surface area (TPSA) is 46.2 Å². The molecule has 2 heteroatoms. The molecule has 0 spiro atoms. The van der Waals surface area contributed by atoms with Crippen LogP contribution in [0.2, 0.25) is 0 Å². The van der Waals surface area contributed by atoms with Crippen LogP contribution in [0.25, 0.3) is 0 Å². The highest BCUT2D eigenvalue weighted by molar-refractivity contribution is 5.27. The Balaban J connectivity index is 2.66. The molecule has 13 heavy (non-hydrogen) atoms. The van der Waals surface area contributed by atoms with E-state index in [1.54, 1.807) is 12.1 Å². The molecule has 1 aromatic carbocycles. The molecule has 0 aliphatic carbocycles. The number of hydrogen-bond donors (Lipinski definition) is 2. The molecule has 2 nitrogen and oxygen atoms in total. The van der Waals surface area contributed by atoms with Gasteiger partial charge in [-0.25, -0.2) is 0 Å². The molecule has 1 unspecified atom stereocenters. The van der Waals surface area contributed by atoms with Crippen molar-refractivity contribution in [2.24, 2.45) is 11.7 Å². The van der Waals surface area contributed by atoms with E-state index in [0.29, 0.717) is 11.7 Å². The van der Waals surface area contributed by atoms with Crippen LogP contribution < -0.4 is 5.73 Å². The van der Waals surface area contributed by atoms with E-state index in [0.717, 1.165) is 12.0 Å². The number of phenolic OH excluding ortho intramolecular Hbond substituents is 1. The number of hydrogen-bond acceptors (Lipinski definition) is 2. The zero-order valence-corrected chi connectivity index (χ0v) is 8.20. The lowest BCUT2D eigenvalue weighted by Crippen LogP contribution is -2.12. The average Bonchev–Trinajstić information content (AvgIpc) is 2.04. The monoisotopic (exact) mass is 179 g/mol. The maximum Gasteiger partial charge on any atom is 0.115 e. The Labute approximate surface area is 79.4 Å². The molecule has 1 aromatic rings. The first-order chi connectivity index (χ1) is 6.09. The van der Waals surface area contributed by atoms with Gasteiger partial charge in [0.2, 0.25) is 0 Å². The maximum atomic E-state index is 9.08. The zero-order chi connectivity index (χ0) is 9.84. The molecular weight excluding hydrogens is 162 g/mol. The molecule has 0 aliphatic rings. The smallest absolute Gasteiger partial charge is 0.115 e. The summed E-state index contributed by atoms with van der Waals surface area (Å²) in [5.41, 5.74) is 7.05. The van der Waals surface area contributed by atoms with Gasteiger partial charge in [-0.15, -0.1) is 0 Å². The maximum absolute atomic E-state index is 9.08. The van der Waals surface area contributed by atoms with Crippen LogP contribution in [0.3, 0.4) is 0 Å². The zero-order valence-electron chi connectivity index (χ0n) is 8.20. The lowest BCUT2D eigenvalue weighted by Gasteiger charge is -2.14. The van der Waals surface area contributed by atoms with Gasteiger partial charge in [0.05, 0.1) is 0 Å². The predicted octanol–water partition coefficient (Wildman–Crippen LogP) is 2.44. The molecule has 72 valence electrons. The number of nitrogens with two attached hydrogens (primary N) is 1. The van der Waals surface area contributed by atoms with E-state index in [4.69, 9.17) is 10.8 Å². The Morgan fingerprint density at radius 1 is 1.23 bits per heavy atom. The molecule has 0 saturated carbocycles. The largest absolute Gasteiger partial charge is 0.508 e. The van der Waals surface area contributed by atoms with Crippen molar-refractivity contribution in [3.8, 4) is 5.75 Å². The first kappa shape index (κ1) is 10.1. The highest BCUT2D eigenvalue weighted by Crippen LogP contribution is 2.20. The van der Waals surface area contributed by atoms with Crippen molar-refractivity contribution in [1.29, 1.82) is 0 Å². The van der Waals surface area contributed by atoms with Crippen molar-refractivity contribution in [2.75, 3.05) is 0 Å². The molecule has 0 fully saturated rings. The lowest BCUT2D eigenvalue weighted by molar-refractivity contribution is 0.473. The molecule has 1 rings (SSSR count). The second kappa shape index (κ2) is 4.28.